The molecule has 3 aliphatic carbocycles. The minimum Gasteiger partial charge on any atom is -0.462 e. The summed E-state index contributed by atoms with van der Waals surface area (Å²) in [5.74, 6) is 1.94. The van der Waals surface area contributed by atoms with Crippen molar-refractivity contribution in [3.05, 3.63) is 61.9 Å². The average molecular weight is 785 g/mol. The van der Waals surface area contributed by atoms with Crippen molar-refractivity contribution in [3.8, 4) is 5.75 Å². The second-order valence-electron chi connectivity index (χ2n) is 17.2. The number of aryl methyl sites for hydroxylation is 2. The number of hydrogen-bond donors (Lipinski definition) is 1. The molecule has 0 amide bonds. The van der Waals surface area contributed by atoms with Gasteiger partial charge >= 0.3 is 25.5 Å². The maximum Gasteiger partial charge on any atom is 0.530 e. The van der Waals surface area contributed by atoms with Crippen molar-refractivity contribution < 1.29 is 41.9 Å². The van der Waals surface area contributed by atoms with Crippen LogP contribution in [0.1, 0.15) is 121 Å². The summed E-state index contributed by atoms with van der Waals surface area (Å²) in [5, 5.41) is 0. The van der Waals surface area contributed by atoms with Crippen molar-refractivity contribution >= 4 is 19.8 Å². The van der Waals surface area contributed by atoms with Crippen LogP contribution in [0.25, 0.3) is 0 Å². The zero-order chi connectivity index (χ0) is 39.3. The lowest BCUT2D eigenvalue weighted by molar-refractivity contribution is -0.165. The van der Waals surface area contributed by atoms with E-state index in [1.54, 1.807) is 19.1 Å². The van der Waals surface area contributed by atoms with Crippen LogP contribution in [-0.2, 0) is 44.0 Å². The molecule has 1 aromatic carbocycles. The Morgan fingerprint density at radius 1 is 1.00 bits per heavy atom. The molecular weight excluding hydrogens is 727 g/mol. The van der Waals surface area contributed by atoms with E-state index < -0.39 is 49.4 Å². The molecule has 302 valence electrons. The van der Waals surface area contributed by atoms with Crippen LogP contribution in [-0.4, -0.2) is 46.4 Å². The summed E-state index contributed by atoms with van der Waals surface area (Å²) in [4.78, 5) is 53.6. The van der Waals surface area contributed by atoms with Crippen molar-refractivity contribution in [1.82, 2.24) is 9.55 Å². The molecule has 13 nitrogen and oxygen atoms in total. The Morgan fingerprint density at radius 3 is 2.53 bits per heavy atom. The van der Waals surface area contributed by atoms with Crippen molar-refractivity contribution in [2.45, 2.75) is 143 Å². The molecule has 0 spiro atoms. The Labute approximate surface area is 322 Å². The van der Waals surface area contributed by atoms with Crippen LogP contribution in [0.2, 0.25) is 0 Å². The summed E-state index contributed by atoms with van der Waals surface area (Å²) in [6.45, 7) is 12.7. The maximum atomic E-state index is 13.5. The van der Waals surface area contributed by atoms with Gasteiger partial charge in [0.2, 0.25) is 0 Å². The van der Waals surface area contributed by atoms with Gasteiger partial charge in [0.05, 0.1) is 26.1 Å². The van der Waals surface area contributed by atoms with E-state index in [1.807, 2.05) is 13.0 Å². The predicted octanol–water partition coefficient (Wildman–Crippen LogP) is 7.46. The first-order chi connectivity index (χ1) is 26.1. The quantitative estimate of drug-likeness (QED) is 0.178. The van der Waals surface area contributed by atoms with E-state index in [0.29, 0.717) is 28.9 Å². The number of hydrogen-bond acceptors (Lipinski definition) is 11. The average Bonchev–Trinajstić information content (AvgIpc) is 3.69. The molecule has 11 atom stereocenters. The number of aromatic amines is 1. The van der Waals surface area contributed by atoms with E-state index in [9.17, 15) is 23.7 Å². The highest BCUT2D eigenvalue weighted by Gasteiger charge is 2.59. The number of H-pyrrole nitrogens is 1. The summed E-state index contributed by atoms with van der Waals surface area (Å²) in [6.07, 6.45) is 7.10. The van der Waals surface area contributed by atoms with Crippen LogP contribution < -0.4 is 15.8 Å². The second kappa shape index (κ2) is 15.6. The van der Waals surface area contributed by atoms with Crippen molar-refractivity contribution in [3.63, 3.8) is 0 Å². The highest BCUT2D eigenvalue weighted by molar-refractivity contribution is 7.49. The van der Waals surface area contributed by atoms with Crippen molar-refractivity contribution in [2.75, 3.05) is 6.61 Å². The second-order valence-corrected chi connectivity index (χ2v) is 18.8. The van der Waals surface area contributed by atoms with E-state index in [0.717, 1.165) is 36.3 Å². The molecule has 2 aromatic rings. The zero-order valence-electron chi connectivity index (χ0n) is 33.0. The minimum atomic E-state index is -4.07. The van der Waals surface area contributed by atoms with Gasteiger partial charge < -0.3 is 18.7 Å². The number of ether oxygens (including phenoxy) is 3. The normalized spacial score (nSPS) is 36.6. The predicted molar refractivity (Wildman–Crippen MR) is 202 cm³/mol. The number of carbonyl (C=O) groups is 2. The zero-order valence-corrected chi connectivity index (χ0v) is 33.9. The van der Waals surface area contributed by atoms with Gasteiger partial charge in [-0.3, -0.25) is 33.0 Å². The molecule has 7 rings (SSSR count). The Morgan fingerprint density at radius 2 is 1.76 bits per heavy atom. The van der Waals surface area contributed by atoms with Gasteiger partial charge in [0, 0.05) is 29.2 Å². The molecule has 1 aromatic heterocycles. The van der Waals surface area contributed by atoms with E-state index in [4.69, 9.17) is 27.8 Å². The van der Waals surface area contributed by atoms with E-state index in [1.165, 1.54) is 42.9 Å². The number of esters is 2. The molecule has 1 N–H and O–H groups in total. The lowest BCUT2D eigenvalue weighted by Crippen LogP contribution is -2.52. The van der Waals surface area contributed by atoms with Gasteiger partial charge in [-0.2, -0.15) is 0 Å². The molecule has 14 heteroatoms. The fourth-order valence-corrected chi connectivity index (χ4v) is 12.0. The van der Waals surface area contributed by atoms with Gasteiger partial charge in [0.1, 0.15) is 30.3 Å². The monoisotopic (exact) mass is 784 g/mol. The maximum absolute atomic E-state index is 13.5. The summed E-state index contributed by atoms with van der Waals surface area (Å²) in [5.41, 5.74) is 1.04. The topological polar surface area (TPSA) is 161 Å². The van der Waals surface area contributed by atoms with Crippen molar-refractivity contribution in [2.24, 2.45) is 34.5 Å². The molecule has 4 fully saturated rings. The Balaban J connectivity index is 0.971. The summed E-state index contributed by atoms with van der Waals surface area (Å²) >= 11 is 0. The molecule has 0 bridgehead atoms. The summed E-state index contributed by atoms with van der Waals surface area (Å²) < 4.78 is 49.7. The van der Waals surface area contributed by atoms with Crippen LogP contribution >= 0.6 is 7.82 Å². The third-order valence-electron chi connectivity index (χ3n) is 14.1. The number of phosphoric acid groups is 1. The van der Waals surface area contributed by atoms with E-state index in [-0.39, 0.29) is 49.6 Å². The van der Waals surface area contributed by atoms with Crippen LogP contribution in [0.15, 0.2) is 34.0 Å². The highest BCUT2D eigenvalue weighted by Crippen LogP contribution is 2.65. The number of nitrogens with zero attached hydrogens (tertiary/aromatic N) is 1. The van der Waals surface area contributed by atoms with E-state index in [2.05, 4.69) is 32.7 Å². The summed E-state index contributed by atoms with van der Waals surface area (Å²) in [6, 6.07) is 5.35. The first-order valence-corrected chi connectivity index (χ1v) is 21.6. The lowest BCUT2D eigenvalue weighted by Gasteiger charge is -2.58. The number of fused-ring (bicyclic) bond motifs is 4. The van der Waals surface area contributed by atoms with E-state index >= 15 is 0 Å². The van der Waals surface area contributed by atoms with Crippen LogP contribution in [0.3, 0.4) is 0 Å². The molecule has 11 unspecified atom stereocenters. The molecular formula is C41H57N2O11P. The number of nitrogens with one attached hydrogen (secondary N) is 1. The number of benzene rings is 1. The first-order valence-electron chi connectivity index (χ1n) is 20.2. The van der Waals surface area contributed by atoms with Gasteiger partial charge in [-0.1, -0.05) is 46.2 Å². The standard InChI is InChI=1S/C41H57N2O11P/c1-7-18-40(5)26(4)11-12-27-29-13-14-34(41(29,6)19-17-30(27)40)53-37(45)16-15-36(44)52-32-20-35(43-21-25(3)38(46)42-39(43)47)51-33(32)23-50-55(48)49-22-28-24(2)9-8-10-31(28)54-55/h8-10,21,26-27,29-30,32-35H,7,11-20,22-23H2,1-6H3,(H,42,46,47). The van der Waals surface area contributed by atoms with Gasteiger partial charge in [-0.05, 0) is 99.5 Å². The summed E-state index contributed by atoms with van der Waals surface area (Å²) in [7, 11) is -4.07. The molecule has 0 radical (unpaired) electrons. The third-order valence-corrected chi connectivity index (χ3v) is 15.4. The molecule has 3 heterocycles. The Kier molecular flexibility index (Phi) is 11.3. The molecule has 2 aliphatic heterocycles. The number of rotatable bonds is 11. The molecule has 55 heavy (non-hydrogen) atoms. The number of carbonyl (C=O) groups excluding carboxylic acids is 2. The number of aromatic nitrogens is 2. The molecule has 5 aliphatic rings. The van der Waals surface area contributed by atoms with Crippen molar-refractivity contribution in [1.29, 1.82) is 0 Å². The minimum absolute atomic E-state index is 0.0213. The van der Waals surface area contributed by atoms with Gasteiger partial charge in [0.25, 0.3) is 5.56 Å². The van der Waals surface area contributed by atoms with Crippen LogP contribution in [0.4, 0.5) is 0 Å². The first kappa shape index (κ1) is 40.0. The lowest BCUT2D eigenvalue weighted by atomic mass is 9.47. The van der Waals surface area contributed by atoms with Gasteiger partial charge in [-0.15, -0.1) is 0 Å². The van der Waals surface area contributed by atoms with Gasteiger partial charge in [-0.25, -0.2) is 9.36 Å². The smallest absolute Gasteiger partial charge is 0.462 e. The third kappa shape index (κ3) is 7.75. The van der Waals surface area contributed by atoms with Crippen LogP contribution in [0, 0.1) is 48.3 Å². The Bertz CT molecular complexity index is 1940. The highest BCUT2D eigenvalue weighted by atomic mass is 31.2. The molecule has 3 saturated carbocycles. The fraction of sp³-hybridized carbons (Fsp3) is 0.707. The Hall–Kier alpha value is -3.25. The SMILES string of the molecule is CCCC1(C)C(C)CCC2C1CCC1(C)C(OC(=O)CCC(=O)OC3CC(n4cc(C)c(=O)[nH]c4=O)OC3COP3(=O)OCc4c(C)cccc4O3)CCC21. The largest absolute Gasteiger partial charge is 0.530 e. The fourth-order valence-electron chi connectivity index (χ4n) is 10.8. The van der Waals surface area contributed by atoms with Gasteiger partial charge in [0.15, 0.2) is 0 Å². The van der Waals surface area contributed by atoms with Crippen LogP contribution in [0.5, 0.6) is 5.75 Å². The number of phosphoric ester groups is 1. The molecule has 1 saturated heterocycles.